The number of aromatic amines is 1. The minimum Gasteiger partial charge on any atom is -0.507 e. The van der Waals surface area contributed by atoms with E-state index in [0.717, 1.165) is 59.4 Å². The van der Waals surface area contributed by atoms with Gasteiger partial charge in [0.15, 0.2) is 11.7 Å². The summed E-state index contributed by atoms with van der Waals surface area (Å²) < 4.78 is 0. The second-order valence-corrected chi connectivity index (χ2v) is 21.9. The van der Waals surface area contributed by atoms with Gasteiger partial charge in [0.25, 0.3) is 0 Å². The molecule has 0 radical (unpaired) electrons. The van der Waals surface area contributed by atoms with Gasteiger partial charge in [0.1, 0.15) is 5.75 Å². The van der Waals surface area contributed by atoms with E-state index in [-0.39, 0.29) is 47.2 Å². The number of aliphatic imine (C=N–C) groups is 1. The number of ketones is 1. The van der Waals surface area contributed by atoms with Crippen molar-refractivity contribution in [2.75, 3.05) is 19.0 Å². The average molecular weight is 935 g/mol. The van der Waals surface area contributed by atoms with Crippen LogP contribution in [0.25, 0.3) is 15.8 Å². The summed E-state index contributed by atoms with van der Waals surface area (Å²) in [5, 5.41) is 54.4. The fourth-order valence-electron chi connectivity index (χ4n) is 12.4. The van der Waals surface area contributed by atoms with E-state index in [1.807, 2.05) is 50.4 Å². The zero-order valence-electron chi connectivity index (χ0n) is 38.1. The van der Waals surface area contributed by atoms with Crippen molar-refractivity contribution in [3.63, 3.8) is 0 Å². The van der Waals surface area contributed by atoms with Crippen molar-refractivity contribution in [1.82, 2.24) is 15.3 Å². The van der Waals surface area contributed by atoms with Crippen LogP contribution in [0, 0.1) is 58.7 Å². The number of guanidine groups is 1. The number of rotatable bonds is 8. The summed E-state index contributed by atoms with van der Waals surface area (Å²) >= 11 is 3.16. The number of H-pyrrole nitrogens is 1. The Bertz CT molecular complexity index is 2890. The number of hydrogen-bond acceptors (Lipinski definition) is 10. The molecule has 9 bridgehead atoms. The molecule has 10 atom stereocenters. The quantitative estimate of drug-likeness (QED) is 0.0342. The number of aromatic hydroxyl groups is 1. The van der Waals surface area contributed by atoms with Crippen LogP contribution in [0.1, 0.15) is 99.6 Å². The van der Waals surface area contributed by atoms with Gasteiger partial charge in [-0.1, -0.05) is 48.1 Å². The average Bonchev–Trinajstić information content (AvgIpc) is 4.17. The van der Waals surface area contributed by atoms with Crippen LogP contribution < -0.4 is 16.4 Å². The Kier molecular flexibility index (Phi) is 12.2. The fourth-order valence-corrected chi connectivity index (χ4v) is 14.4. The van der Waals surface area contributed by atoms with Crippen LogP contribution in [0.15, 0.2) is 72.1 Å². The predicted octanol–water partition coefficient (Wildman–Crippen LogP) is 7.32. The normalized spacial score (nSPS) is 28.8. The number of hydrogen-bond donors (Lipinski definition) is 8. The number of nitrogens with zero attached hydrogens (tertiary/aromatic N) is 2. The first kappa shape index (κ1) is 45.1. The van der Waals surface area contributed by atoms with Crippen LogP contribution in [0.3, 0.4) is 0 Å². The monoisotopic (exact) mass is 934 g/mol. The smallest absolute Gasteiger partial charge is 0.188 e. The molecule has 11 nitrogen and oxygen atoms in total. The van der Waals surface area contributed by atoms with Crippen molar-refractivity contribution in [1.29, 1.82) is 0 Å². The lowest BCUT2D eigenvalue weighted by molar-refractivity contribution is 0.0134. The van der Waals surface area contributed by atoms with Gasteiger partial charge in [-0.2, -0.15) is 0 Å². The van der Waals surface area contributed by atoms with Gasteiger partial charge >= 0.3 is 0 Å². The molecule has 5 aromatic rings. The zero-order valence-corrected chi connectivity index (χ0v) is 39.7. The van der Waals surface area contributed by atoms with Crippen LogP contribution >= 0.6 is 22.7 Å². The number of carbonyl (C=O) groups is 1. The SMILES string of the molecule is CC#Cc1ccc(-c2ccc(C(=O)[C@H]3CC[C@H]4C[C@@]35C[C@@H]([C@H](O)CO)[C@H](C5)[C@@H]3C#Cc5c(cc(O)c6c5N[C@@H](C=C6)[C@](C)(O)Cc5cccc(c5Cc5cnc[nH]5)C3)C[C@@H]4NC(N)=NC)s2)s1. The molecule has 3 aromatic heterocycles. The van der Waals surface area contributed by atoms with Gasteiger partial charge in [-0.05, 0) is 135 Å². The first-order valence-corrected chi connectivity index (χ1v) is 25.1. The Hall–Kier alpha value is -5.67. The Labute approximate surface area is 400 Å². The van der Waals surface area contributed by atoms with Gasteiger partial charge in [0, 0.05) is 65.0 Å². The van der Waals surface area contributed by atoms with Crippen LogP contribution in [0.2, 0.25) is 0 Å². The molecule has 5 aliphatic rings. The Balaban J connectivity index is 1.16. The molecule has 2 saturated carbocycles. The Morgan fingerprint density at radius 2 is 1.91 bits per heavy atom. The first-order chi connectivity index (χ1) is 32.4. The molecule has 0 amide bonds. The van der Waals surface area contributed by atoms with Gasteiger partial charge < -0.3 is 41.8 Å². The molecule has 346 valence electrons. The molecule has 1 spiro atoms. The third kappa shape index (κ3) is 8.51. The number of Topliss-reactive ketones (excluding diaryl/α,β-unsaturated/α-hetero) is 1. The van der Waals surface area contributed by atoms with Crippen molar-refractivity contribution in [3.8, 4) is 39.2 Å². The molecular weight excluding hydrogens is 877 g/mol. The Morgan fingerprint density at radius 3 is 2.70 bits per heavy atom. The summed E-state index contributed by atoms with van der Waals surface area (Å²) in [5.74, 6) is 13.0. The number of nitrogens with two attached hydrogens (primary N) is 1. The van der Waals surface area contributed by atoms with Crippen molar-refractivity contribution < 1.29 is 25.2 Å². The molecule has 2 aromatic carbocycles. The van der Waals surface area contributed by atoms with Gasteiger partial charge in [0.05, 0.1) is 51.7 Å². The standard InChI is InChI=1S/C54H58N6O5S2/c1-4-6-36-11-15-46(66-36)47-16-17-48(67-47)51(64)42-14-10-33-24-54(42)25-40(41(26-54)45(63)28-61)31-9-12-37-34(20-43(33)59-52(55)56-3)21-44(62)38-13-18-49(60-50(37)38)53(2,65)23-32-8-5-7-30(19-31)39(32)22-35-27-57-29-58-35/h5,7-8,11,13,15-18,21,27,29,31,33,40-43,45,49,60-63,65H,10,14,19-20,22-26,28H2,1-3H3,(H,57,58)(H3,55,56,59)/t31-,33+,40-,41-,42-,43+,45-,49+,53-,54-/m1/s1. The number of aromatic nitrogens is 2. The highest BCUT2D eigenvalue weighted by atomic mass is 32.1. The van der Waals surface area contributed by atoms with E-state index in [1.54, 1.807) is 24.7 Å². The third-order valence-corrected chi connectivity index (χ3v) is 17.9. The van der Waals surface area contributed by atoms with Gasteiger partial charge in [-0.25, -0.2) is 4.98 Å². The van der Waals surface area contributed by atoms with Crippen molar-refractivity contribution in [2.24, 2.45) is 45.7 Å². The van der Waals surface area contributed by atoms with Crippen molar-refractivity contribution in [2.45, 2.75) is 95.4 Å². The number of aliphatic hydroxyl groups excluding tert-OH is 2. The molecule has 2 aliphatic heterocycles. The van der Waals surface area contributed by atoms with Crippen LogP contribution in [-0.4, -0.2) is 79.6 Å². The largest absolute Gasteiger partial charge is 0.507 e. The maximum absolute atomic E-state index is 15.3. The zero-order chi connectivity index (χ0) is 46.6. The molecule has 5 heterocycles. The van der Waals surface area contributed by atoms with E-state index in [2.05, 4.69) is 79.6 Å². The van der Waals surface area contributed by atoms with Crippen molar-refractivity contribution in [3.05, 3.63) is 116 Å². The number of phenolic OH excluding ortho intramolecular Hbond substituents is 1. The van der Waals surface area contributed by atoms with Gasteiger partial charge in [0.2, 0.25) is 0 Å². The second kappa shape index (κ2) is 18.1. The molecule has 67 heavy (non-hydrogen) atoms. The lowest BCUT2D eigenvalue weighted by Gasteiger charge is -2.47. The lowest BCUT2D eigenvalue weighted by atomic mass is 9.58. The number of fused-ring (bicyclic) bond motifs is 7. The predicted molar refractivity (Wildman–Crippen MR) is 266 cm³/mol. The topological polar surface area (TPSA) is 189 Å². The second-order valence-electron chi connectivity index (χ2n) is 19.7. The molecule has 2 fully saturated rings. The van der Waals surface area contributed by atoms with E-state index in [9.17, 15) is 20.4 Å². The van der Waals surface area contributed by atoms with E-state index >= 15 is 4.79 Å². The molecular formula is C54H58N6O5S2. The van der Waals surface area contributed by atoms with E-state index in [0.29, 0.717) is 68.6 Å². The van der Waals surface area contributed by atoms with Crippen LogP contribution in [0.5, 0.6) is 5.75 Å². The Morgan fingerprint density at radius 1 is 1.09 bits per heavy atom. The highest BCUT2D eigenvalue weighted by Gasteiger charge is 2.58. The summed E-state index contributed by atoms with van der Waals surface area (Å²) in [6.07, 6.45) is 11.5. The molecule has 0 saturated heterocycles. The number of imidazole rings is 1. The number of nitrogens with one attached hydrogen (secondary N) is 3. The first-order valence-electron chi connectivity index (χ1n) is 23.5. The summed E-state index contributed by atoms with van der Waals surface area (Å²) in [7, 11) is 1.66. The lowest BCUT2D eigenvalue weighted by Crippen LogP contribution is -2.50. The van der Waals surface area contributed by atoms with E-state index in [1.165, 1.54) is 11.3 Å². The summed E-state index contributed by atoms with van der Waals surface area (Å²) in [5.41, 5.74) is 11.7. The number of aliphatic hydroxyl groups is 3. The highest BCUT2D eigenvalue weighted by Crippen LogP contribution is 2.62. The van der Waals surface area contributed by atoms with Gasteiger partial charge in [-0.3, -0.25) is 9.79 Å². The molecule has 9 N–H and O–H groups in total. The molecule has 10 rings (SSSR count). The molecule has 3 aliphatic carbocycles. The number of phenols is 1. The maximum atomic E-state index is 15.3. The minimum absolute atomic E-state index is 0.0242. The minimum atomic E-state index is -1.26. The van der Waals surface area contributed by atoms with E-state index < -0.39 is 29.8 Å². The van der Waals surface area contributed by atoms with Gasteiger partial charge in [-0.15, -0.1) is 28.6 Å². The maximum Gasteiger partial charge on any atom is 0.188 e. The third-order valence-electron chi connectivity index (χ3n) is 15.6. The molecule has 0 unspecified atom stereocenters. The number of thiophene rings is 2. The van der Waals surface area contributed by atoms with Crippen molar-refractivity contribution >= 4 is 46.2 Å². The summed E-state index contributed by atoms with van der Waals surface area (Å²) in [6, 6.07) is 15.5. The van der Waals surface area contributed by atoms with Crippen LogP contribution in [0.4, 0.5) is 5.69 Å². The fraction of sp³-hybridized carbons (Fsp3) is 0.426. The summed E-state index contributed by atoms with van der Waals surface area (Å²) in [6.45, 7) is 3.28. The van der Waals surface area contributed by atoms with E-state index in [4.69, 9.17) is 5.73 Å². The van der Waals surface area contributed by atoms with Crippen LogP contribution in [-0.2, 0) is 25.7 Å². The number of anilines is 1. The number of benzene rings is 2. The highest BCUT2D eigenvalue weighted by molar-refractivity contribution is 7.23. The summed E-state index contributed by atoms with van der Waals surface area (Å²) in [4.78, 5) is 31.1. The number of carbonyl (C=O) groups excluding carboxylic acids is 1. The molecule has 13 heteroatoms.